The molecule has 0 spiro atoms. The molecule has 0 unspecified atom stereocenters. The van der Waals surface area contributed by atoms with E-state index in [0.717, 1.165) is 0 Å². The highest BCUT2D eigenvalue weighted by atomic mass is 16.5. The van der Waals surface area contributed by atoms with Crippen molar-refractivity contribution < 1.29 is 23.9 Å². The molecule has 0 heterocycles. The lowest BCUT2D eigenvalue weighted by atomic mass is 9.96. The third kappa shape index (κ3) is 6.16. The van der Waals surface area contributed by atoms with Crippen LogP contribution in [0.15, 0.2) is 24.3 Å². The molecule has 0 saturated heterocycles. The molecular formula is C20H29N3O5. The zero-order valence-electron chi connectivity index (χ0n) is 16.9. The minimum Gasteiger partial charge on any atom is -0.465 e. The Balaban J connectivity index is 2.94. The lowest BCUT2D eigenvalue weighted by Crippen LogP contribution is -2.56. The molecule has 1 aromatic carbocycles. The monoisotopic (exact) mass is 391 g/mol. The molecule has 0 aromatic heterocycles. The van der Waals surface area contributed by atoms with Crippen LogP contribution in [0.25, 0.3) is 0 Å². The van der Waals surface area contributed by atoms with Crippen molar-refractivity contribution in [1.29, 1.82) is 0 Å². The summed E-state index contributed by atoms with van der Waals surface area (Å²) in [6.07, 6.45) is 0.612. The minimum absolute atomic E-state index is 0.0941. The van der Waals surface area contributed by atoms with Gasteiger partial charge in [0.2, 0.25) is 11.8 Å². The highest BCUT2D eigenvalue weighted by molar-refractivity contribution is 6.07. The molecule has 0 radical (unpaired) electrons. The molecule has 8 nitrogen and oxygen atoms in total. The zero-order chi connectivity index (χ0) is 21.4. The van der Waals surface area contributed by atoms with Crippen molar-refractivity contribution in [3.05, 3.63) is 35.4 Å². The molecule has 0 aliphatic heterocycles. The molecule has 1 rings (SSSR count). The lowest BCUT2D eigenvalue weighted by Gasteiger charge is -2.25. The van der Waals surface area contributed by atoms with Crippen molar-refractivity contribution in [2.45, 2.75) is 46.2 Å². The number of carbonyl (C=O) groups is 4. The summed E-state index contributed by atoms with van der Waals surface area (Å²) < 4.78 is 4.62. The van der Waals surface area contributed by atoms with Crippen LogP contribution in [0.2, 0.25) is 0 Å². The van der Waals surface area contributed by atoms with Crippen molar-refractivity contribution >= 4 is 23.7 Å². The summed E-state index contributed by atoms with van der Waals surface area (Å²) in [5, 5.41) is 4.93. The van der Waals surface area contributed by atoms with E-state index in [1.807, 2.05) is 6.92 Å². The molecule has 0 saturated carbocycles. The van der Waals surface area contributed by atoms with Crippen molar-refractivity contribution in [3.8, 4) is 0 Å². The number of methoxy groups -OCH3 is 1. The molecule has 3 amide bonds. The number of benzene rings is 1. The van der Waals surface area contributed by atoms with Gasteiger partial charge in [-0.25, -0.2) is 4.79 Å². The molecule has 154 valence electrons. The van der Waals surface area contributed by atoms with Gasteiger partial charge in [0.15, 0.2) is 0 Å². The fourth-order valence-corrected chi connectivity index (χ4v) is 2.42. The number of imide groups is 1. The van der Waals surface area contributed by atoms with Crippen molar-refractivity contribution in [1.82, 2.24) is 10.6 Å². The number of hydrogen-bond donors (Lipinski definition) is 3. The van der Waals surface area contributed by atoms with Gasteiger partial charge in [-0.15, -0.1) is 0 Å². The predicted octanol–water partition coefficient (Wildman–Crippen LogP) is 1.24. The molecule has 3 atom stereocenters. The summed E-state index contributed by atoms with van der Waals surface area (Å²) in [4.78, 5) is 49.0. The summed E-state index contributed by atoms with van der Waals surface area (Å²) in [6.45, 7) is 7.29. The Labute approximate surface area is 165 Å². The summed E-state index contributed by atoms with van der Waals surface area (Å²) in [6, 6.07) is 4.16. The van der Waals surface area contributed by atoms with E-state index in [9.17, 15) is 19.2 Å². The van der Waals surface area contributed by atoms with Gasteiger partial charge in [0, 0.05) is 5.56 Å². The number of esters is 1. The topological polar surface area (TPSA) is 128 Å². The van der Waals surface area contributed by atoms with E-state index in [4.69, 9.17) is 5.73 Å². The number of amides is 3. The summed E-state index contributed by atoms with van der Waals surface area (Å²) >= 11 is 0. The Morgan fingerprint density at radius 1 is 1.07 bits per heavy atom. The van der Waals surface area contributed by atoms with Crippen LogP contribution in [0.3, 0.4) is 0 Å². The van der Waals surface area contributed by atoms with E-state index in [1.54, 1.807) is 20.8 Å². The number of carbonyl (C=O) groups excluding carboxylic acids is 4. The van der Waals surface area contributed by atoms with E-state index in [0.29, 0.717) is 6.42 Å². The average molecular weight is 391 g/mol. The van der Waals surface area contributed by atoms with Gasteiger partial charge in [-0.1, -0.05) is 40.2 Å². The SMILES string of the molecule is CC[C@H](C)[C@H](NC(=O)[C@@H](N)C(C)C)C(=O)NC(=O)c1cccc(C(=O)OC)c1. The molecule has 0 aliphatic rings. The van der Waals surface area contributed by atoms with Gasteiger partial charge in [-0.05, 0) is 30.0 Å². The van der Waals surface area contributed by atoms with Crippen LogP contribution in [0, 0.1) is 11.8 Å². The Morgan fingerprint density at radius 2 is 1.68 bits per heavy atom. The van der Waals surface area contributed by atoms with Crippen molar-refractivity contribution in [2.75, 3.05) is 7.11 Å². The smallest absolute Gasteiger partial charge is 0.337 e. The van der Waals surface area contributed by atoms with E-state index >= 15 is 0 Å². The van der Waals surface area contributed by atoms with Gasteiger partial charge >= 0.3 is 5.97 Å². The van der Waals surface area contributed by atoms with Gasteiger partial charge in [0.05, 0.1) is 18.7 Å². The first-order valence-corrected chi connectivity index (χ1v) is 9.21. The third-order valence-corrected chi connectivity index (χ3v) is 4.60. The largest absolute Gasteiger partial charge is 0.465 e. The Hall–Kier alpha value is -2.74. The van der Waals surface area contributed by atoms with Gasteiger partial charge in [0.25, 0.3) is 5.91 Å². The predicted molar refractivity (Wildman–Crippen MR) is 104 cm³/mol. The molecule has 4 N–H and O–H groups in total. The Bertz CT molecular complexity index is 732. The van der Waals surface area contributed by atoms with Gasteiger partial charge < -0.3 is 15.8 Å². The van der Waals surface area contributed by atoms with Crippen molar-refractivity contribution in [3.63, 3.8) is 0 Å². The van der Waals surface area contributed by atoms with Gasteiger partial charge in [0.1, 0.15) is 6.04 Å². The van der Waals surface area contributed by atoms with Gasteiger partial charge in [-0.3, -0.25) is 19.7 Å². The number of rotatable bonds is 8. The van der Waals surface area contributed by atoms with Gasteiger partial charge in [-0.2, -0.15) is 0 Å². The molecular weight excluding hydrogens is 362 g/mol. The first-order chi connectivity index (χ1) is 13.1. The van der Waals surface area contributed by atoms with Crippen molar-refractivity contribution in [2.24, 2.45) is 17.6 Å². The molecule has 0 aliphatic carbocycles. The van der Waals surface area contributed by atoms with E-state index in [1.165, 1.54) is 31.4 Å². The lowest BCUT2D eigenvalue weighted by molar-refractivity contribution is -0.130. The number of hydrogen-bond acceptors (Lipinski definition) is 6. The molecule has 0 fully saturated rings. The zero-order valence-corrected chi connectivity index (χ0v) is 16.9. The highest BCUT2D eigenvalue weighted by Gasteiger charge is 2.30. The first kappa shape index (κ1) is 23.3. The van der Waals surface area contributed by atoms with Crippen LogP contribution in [-0.4, -0.2) is 42.9 Å². The maximum atomic E-state index is 12.7. The van der Waals surface area contributed by atoms with E-state index in [-0.39, 0.29) is 23.0 Å². The second-order valence-electron chi connectivity index (χ2n) is 7.03. The number of ether oxygens (including phenoxy) is 1. The summed E-state index contributed by atoms with van der Waals surface area (Å²) in [5.41, 5.74) is 6.17. The molecule has 8 heteroatoms. The third-order valence-electron chi connectivity index (χ3n) is 4.60. The second kappa shape index (κ2) is 10.6. The molecule has 28 heavy (non-hydrogen) atoms. The fourth-order valence-electron chi connectivity index (χ4n) is 2.42. The summed E-state index contributed by atoms with van der Waals surface area (Å²) in [5.74, 6) is -2.65. The Kier molecular flexibility index (Phi) is 8.78. The van der Waals surface area contributed by atoms with Crippen LogP contribution < -0.4 is 16.4 Å². The standard InChI is InChI=1S/C20H29N3O5/c1-6-12(4)16(22-18(25)15(21)11(2)3)19(26)23-17(24)13-8-7-9-14(10-13)20(27)28-5/h7-12,15-16H,6,21H2,1-5H3,(H,22,25)(H,23,24,26)/t12-,15-,16-/m0/s1. The Morgan fingerprint density at radius 3 is 2.21 bits per heavy atom. The van der Waals surface area contributed by atoms with Crippen LogP contribution in [0.1, 0.15) is 54.8 Å². The maximum Gasteiger partial charge on any atom is 0.337 e. The molecule has 0 bridgehead atoms. The first-order valence-electron chi connectivity index (χ1n) is 9.21. The number of nitrogens with one attached hydrogen (secondary N) is 2. The maximum absolute atomic E-state index is 12.7. The fraction of sp³-hybridized carbons (Fsp3) is 0.500. The number of nitrogens with two attached hydrogens (primary N) is 1. The minimum atomic E-state index is -0.907. The average Bonchev–Trinajstić information content (AvgIpc) is 2.69. The summed E-state index contributed by atoms with van der Waals surface area (Å²) in [7, 11) is 1.24. The van der Waals surface area contributed by atoms with Crippen LogP contribution in [0.4, 0.5) is 0 Å². The van der Waals surface area contributed by atoms with Crippen LogP contribution in [-0.2, 0) is 14.3 Å². The quantitative estimate of drug-likeness (QED) is 0.572. The second-order valence-corrected chi connectivity index (χ2v) is 7.03. The van der Waals surface area contributed by atoms with E-state index < -0.39 is 35.8 Å². The van der Waals surface area contributed by atoms with Crippen LogP contribution >= 0.6 is 0 Å². The van der Waals surface area contributed by atoms with E-state index in [2.05, 4.69) is 15.4 Å². The van der Waals surface area contributed by atoms with Crippen LogP contribution in [0.5, 0.6) is 0 Å². The molecule has 1 aromatic rings. The highest BCUT2D eigenvalue weighted by Crippen LogP contribution is 2.11. The normalized spacial score (nSPS) is 14.0.